The fourth-order valence-corrected chi connectivity index (χ4v) is 3.24. The van der Waals surface area contributed by atoms with E-state index in [4.69, 9.17) is 19.0 Å². The Bertz CT molecular complexity index is 880. The number of nitrogens with zero attached hydrogens (tertiary/aromatic N) is 1. The third-order valence-corrected chi connectivity index (χ3v) is 4.92. The van der Waals surface area contributed by atoms with Crippen LogP contribution >= 0.6 is 0 Å². The Morgan fingerprint density at radius 3 is 2.13 bits per heavy atom. The minimum absolute atomic E-state index is 0.581. The standard InChI is InChI=1S/C26H35NO4/c1-7-8-11-29-24-15-21(4)26(22(5)16-24)31-13-10-9-12-30-25-17-19(2)23(14-20(25)3)18-27-28-6/h7-8,14-18H,9-13H2,1-6H3/b8-7+,27-18?. The van der Waals surface area contributed by atoms with Crippen LogP contribution in [0.5, 0.6) is 17.2 Å². The number of hydrogen-bond donors (Lipinski definition) is 0. The molecule has 0 spiro atoms. The largest absolute Gasteiger partial charge is 0.493 e. The molecule has 0 atom stereocenters. The highest BCUT2D eigenvalue weighted by Crippen LogP contribution is 2.29. The summed E-state index contributed by atoms with van der Waals surface area (Å²) >= 11 is 0. The highest BCUT2D eigenvalue weighted by atomic mass is 16.6. The minimum Gasteiger partial charge on any atom is -0.493 e. The van der Waals surface area contributed by atoms with Gasteiger partial charge in [-0.25, -0.2) is 0 Å². The molecule has 0 aromatic heterocycles. The molecule has 0 amide bonds. The van der Waals surface area contributed by atoms with Crippen LogP contribution in [0.3, 0.4) is 0 Å². The van der Waals surface area contributed by atoms with Crippen molar-refractivity contribution in [3.63, 3.8) is 0 Å². The molecule has 0 heterocycles. The predicted octanol–water partition coefficient (Wildman–Crippen LogP) is 6.09. The first-order valence-corrected chi connectivity index (χ1v) is 10.7. The Balaban J connectivity index is 1.79. The molecule has 31 heavy (non-hydrogen) atoms. The van der Waals surface area contributed by atoms with Crippen molar-refractivity contribution in [3.8, 4) is 17.2 Å². The number of rotatable bonds is 12. The second-order valence-electron chi connectivity index (χ2n) is 7.56. The molecule has 168 valence electrons. The molecule has 2 aromatic carbocycles. The van der Waals surface area contributed by atoms with E-state index in [2.05, 4.69) is 31.1 Å². The molecule has 0 N–H and O–H groups in total. The summed E-state index contributed by atoms with van der Waals surface area (Å²) in [4.78, 5) is 4.76. The van der Waals surface area contributed by atoms with E-state index >= 15 is 0 Å². The van der Waals surface area contributed by atoms with Crippen molar-refractivity contribution in [3.05, 3.63) is 64.2 Å². The number of ether oxygens (including phenoxy) is 3. The molecule has 2 aromatic rings. The van der Waals surface area contributed by atoms with Crippen molar-refractivity contribution in [2.75, 3.05) is 26.9 Å². The quantitative estimate of drug-likeness (QED) is 0.179. The lowest BCUT2D eigenvalue weighted by Crippen LogP contribution is -2.05. The van der Waals surface area contributed by atoms with Crippen LogP contribution in [0, 0.1) is 27.7 Å². The van der Waals surface area contributed by atoms with Crippen LogP contribution in [0.4, 0.5) is 0 Å². The van der Waals surface area contributed by atoms with Gasteiger partial charge in [-0.3, -0.25) is 0 Å². The SMILES string of the molecule is C/C=C/COc1cc(C)c(OCCCCOc2cc(C)c(C=NOC)cc2C)c(C)c1. The van der Waals surface area contributed by atoms with Crippen LogP contribution in [0.1, 0.15) is 47.6 Å². The van der Waals surface area contributed by atoms with Crippen LogP contribution in [0.15, 0.2) is 41.6 Å². The van der Waals surface area contributed by atoms with Crippen molar-refractivity contribution in [2.45, 2.75) is 47.5 Å². The van der Waals surface area contributed by atoms with Crippen LogP contribution < -0.4 is 14.2 Å². The monoisotopic (exact) mass is 425 g/mol. The van der Waals surface area contributed by atoms with Crippen molar-refractivity contribution >= 4 is 6.21 Å². The summed E-state index contributed by atoms with van der Waals surface area (Å²) in [5.74, 6) is 2.73. The lowest BCUT2D eigenvalue weighted by Gasteiger charge is -2.15. The third-order valence-electron chi connectivity index (χ3n) is 4.92. The second-order valence-corrected chi connectivity index (χ2v) is 7.56. The van der Waals surface area contributed by atoms with E-state index < -0.39 is 0 Å². The van der Waals surface area contributed by atoms with Gasteiger partial charge in [-0.1, -0.05) is 17.3 Å². The summed E-state index contributed by atoms with van der Waals surface area (Å²) in [5, 5.41) is 3.84. The van der Waals surface area contributed by atoms with Crippen molar-refractivity contribution in [2.24, 2.45) is 5.16 Å². The lowest BCUT2D eigenvalue weighted by atomic mass is 10.1. The van der Waals surface area contributed by atoms with Gasteiger partial charge in [-0.2, -0.15) is 0 Å². The predicted molar refractivity (Wildman–Crippen MR) is 127 cm³/mol. The Kier molecular flexibility index (Phi) is 9.95. The number of unbranched alkanes of at least 4 members (excludes halogenated alkanes) is 1. The van der Waals surface area contributed by atoms with Gasteiger partial charge >= 0.3 is 0 Å². The zero-order valence-electron chi connectivity index (χ0n) is 19.7. The van der Waals surface area contributed by atoms with Gasteiger partial charge in [-0.15, -0.1) is 0 Å². The lowest BCUT2D eigenvalue weighted by molar-refractivity contribution is 0.215. The van der Waals surface area contributed by atoms with Gasteiger partial charge in [0.15, 0.2) is 0 Å². The highest BCUT2D eigenvalue weighted by molar-refractivity contribution is 5.82. The summed E-state index contributed by atoms with van der Waals surface area (Å²) in [7, 11) is 1.54. The first kappa shape index (κ1) is 24.3. The fraction of sp³-hybridized carbons (Fsp3) is 0.423. The Hall–Kier alpha value is -2.95. The van der Waals surface area contributed by atoms with Gasteiger partial charge < -0.3 is 19.0 Å². The zero-order valence-corrected chi connectivity index (χ0v) is 19.7. The van der Waals surface area contributed by atoms with Crippen molar-refractivity contribution in [1.82, 2.24) is 0 Å². The highest BCUT2D eigenvalue weighted by Gasteiger charge is 2.08. The van der Waals surface area contributed by atoms with Crippen molar-refractivity contribution < 1.29 is 19.0 Å². The molecule has 0 radical (unpaired) electrons. The van der Waals surface area contributed by atoms with E-state index in [1.165, 1.54) is 0 Å². The molecule has 0 saturated heterocycles. The van der Waals surface area contributed by atoms with Crippen LogP contribution in [-0.4, -0.2) is 33.1 Å². The molecule has 5 nitrogen and oxygen atoms in total. The molecular weight excluding hydrogens is 390 g/mol. The molecule has 0 aliphatic carbocycles. The average molecular weight is 426 g/mol. The van der Waals surface area contributed by atoms with Gasteiger partial charge in [0.25, 0.3) is 0 Å². The van der Waals surface area contributed by atoms with Crippen LogP contribution in [-0.2, 0) is 4.84 Å². The van der Waals surface area contributed by atoms with E-state index in [-0.39, 0.29) is 0 Å². The average Bonchev–Trinajstić information content (AvgIpc) is 2.73. The van der Waals surface area contributed by atoms with E-state index in [0.717, 1.165) is 57.9 Å². The normalized spacial score (nSPS) is 11.3. The zero-order chi connectivity index (χ0) is 22.6. The smallest absolute Gasteiger partial charge is 0.125 e. The summed E-state index contributed by atoms with van der Waals surface area (Å²) in [5.41, 5.74) is 5.41. The Morgan fingerprint density at radius 1 is 0.806 bits per heavy atom. The molecule has 0 saturated carbocycles. The number of aryl methyl sites for hydroxylation is 4. The Morgan fingerprint density at radius 2 is 1.48 bits per heavy atom. The molecule has 0 fully saturated rings. The van der Waals surface area contributed by atoms with E-state index in [9.17, 15) is 0 Å². The maximum absolute atomic E-state index is 6.05. The Labute approximate surface area is 186 Å². The van der Waals surface area contributed by atoms with E-state index in [1.807, 2.05) is 45.1 Å². The molecule has 0 bridgehead atoms. The number of hydrogen-bond acceptors (Lipinski definition) is 5. The summed E-state index contributed by atoms with van der Waals surface area (Å²) in [6.07, 6.45) is 7.54. The van der Waals surface area contributed by atoms with Crippen LogP contribution in [0.25, 0.3) is 0 Å². The maximum Gasteiger partial charge on any atom is 0.125 e. The summed E-state index contributed by atoms with van der Waals surface area (Å²) in [6.45, 7) is 12.1. The minimum atomic E-state index is 0.581. The molecule has 0 aliphatic heterocycles. The van der Waals surface area contributed by atoms with Crippen molar-refractivity contribution in [1.29, 1.82) is 0 Å². The summed E-state index contributed by atoms with van der Waals surface area (Å²) in [6, 6.07) is 8.17. The van der Waals surface area contributed by atoms with Gasteiger partial charge in [0.2, 0.25) is 0 Å². The van der Waals surface area contributed by atoms with Gasteiger partial charge in [0, 0.05) is 0 Å². The van der Waals surface area contributed by atoms with Gasteiger partial charge in [-0.05, 0) is 99.5 Å². The van der Waals surface area contributed by atoms with Gasteiger partial charge in [0.1, 0.15) is 31.0 Å². The topological polar surface area (TPSA) is 49.3 Å². The van der Waals surface area contributed by atoms with Gasteiger partial charge in [0.05, 0.1) is 19.4 Å². The van der Waals surface area contributed by atoms with E-state index in [1.54, 1.807) is 13.3 Å². The first-order valence-electron chi connectivity index (χ1n) is 10.7. The third kappa shape index (κ3) is 7.67. The second kappa shape index (κ2) is 12.7. The molecule has 5 heteroatoms. The summed E-state index contributed by atoms with van der Waals surface area (Å²) < 4.78 is 17.8. The number of benzene rings is 2. The van der Waals surface area contributed by atoms with E-state index in [0.29, 0.717) is 19.8 Å². The molecule has 2 rings (SSSR count). The van der Waals surface area contributed by atoms with Crippen LogP contribution in [0.2, 0.25) is 0 Å². The number of allylic oxidation sites excluding steroid dienone is 1. The molecule has 0 aliphatic rings. The fourth-order valence-electron chi connectivity index (χ4n) is 3.24. The number of oxime groups is 1. The first-order chi connectivity index (χ1) is 15.0. The maximum atomic E-state index is 6.05. The molecule has 0 unspecified atom stereocenters. The molecular formula is C26H35NO4.